The zero-order valence-corrected chi connectivity index (χ0v) is 8.71. The molecule has 0 amide bonds. The van der Waals surface area contributed by atoms with E-state index in [1.165, 1.54) is 32.1 Å². The summed E-state index contributed by atoms with van der Waals surface area (Å²) in [7, 11) is 0. The van der Waals surface area contributed by atoms with E-state index in [2.05, 4.69) is 6.07 Å². The largest absolute Gasteiger partial charge is 0.396 e. The van der Waals surface area contributed by atoms with Crippen LogP contribution in [0.5, 0.6) is 0 Å². The van der Waals surface area contributed by atoms with Crippen molar-refractivity contribution in [1.82, 2.24) is 0 Å². The number of nitriles is 1. The first-order valence-corrected chi connectivity index (χ1v) is 5.85. The summed E-state index contributed by atoms with van der Waals surface area (Å²) in [6.45, 7) is 0.251. The number of hydrogen-bond acceptors (Lipinski definition) is 2. The monoisotopic (exact) mass is 193 g/mol. The minimum Gasteiger partial charge on any atom is -0.396 e. The van der Waals surface area contributed by atoms with Crippen molar-refractivity contribution in [3.8, 4) is 6.07 Å². The van der Waals surface area contributed by atoms with E-state index in [-0.39, 0.29) is 12.0 Å². The first kappa shape index (κ1) is 9.98. The molecule has 0 bridgehead atoms. The number of aliphatic hydroxyl groups excluding tert-OH is 1. The zero-order valence-electron chi connectivity index (χ0n) is 8.71. The van der Waals surface area contributed by atoms with Crippen LogP contribution in [-0.4, -0.2) is 11.7 Å². The third-order valence-electron chi connectivity index (χ3n) is 4.40. The fourth-order valence-corrected chi connectivity index (χ4v) is 3.67. The van der Waals surface area contributed by atoms with Crippen LogP contribution in [0.15, 0.2) is 0 Å². The van der Waals surface area contributed by atoms with Crippen LogP contribution in [0.3, 0.4) is 0 Å². The molecule has 2 fully saturated rings. The molecule has 0 aliphatic heterocycles. The molecular weight excluding hydrogens is 174 g/mol. The summed E-state index contributed by atoms with van der Waals surface area (Å²) in [5.74, 6) is 1.11. The van der Waals surface area contributed by atoms with Gasteiger partial charge >= 0.3 is 0 Å². The van der Waals surface area contributed by atoms with E-state index in [0.717, 1.165) is 12.8 Å². The average molecular weight is 193 g/mol. The Hall–Kier alpha value is -0.550. The predicted molar refractivity (Wildman–Crippen MR) is 54.4 cm³/mol. The summed E-state index contributed by atoms with van der Waals surface area (Å²) in [5.41, 5.74) is -0.0546. The molecule has 14 heavy (non-hydrogen) atoms. The second kappa shape index (κ2) is 3.90. The Kier molecular flexibility index (Phi) is 2.78. The quantitative estimate of drug-likeness (QED) is 0.732. The lowest BCUT2D eigenvalue weighted by atomic mass is 9.64. The van der Waals surface area contributed by atoms with Gasteiger partial charge in [0.15, 0.2) is 0 Å². The Morgan fingerprint density at radius 1 is 1.29 bits per heavy atom. The molecule has 1 N–H and O–H groups in total. The van der Waals surface area contributed by atoms with E-state index in [1.54, 1.807) is 0 Å². The summed E-state index contributed by atoms with van der Waals surface area (Å²) in [6.07, 6.45) is 8.07. The smallest absolute Gasteiger partial charge is 0.0695 e. The average Bonchev–Trinajstić information content (AvgIpc) is 2.59. The Bertz CT molecular complexity index is 245. The highest BCUT2D eigenvalue weighted by Crippen LogP contribution is 2.56. The van der Waals surface area contributed by atoms with Crippen molar-refractivity contribution in [3.05, 3.63) is 0 Å². The molecule has 0 radical (unpaired) electrons. The fraction of sp³-hybridized carbons (Fsp3) is 0.917. The minimum atomic E-state index is -0.0546. The topological polar surface area (TPSA) is 44.0 Å². The van der Waals surface area contributed by atoms with Crippen molar-refractivity contribution in [1.29, 1.82) is 5.26 Å². The Morgan fingerprint density at radius 2 is 2.14 bits per heavy atom. The van der Waals surface area contributed by atoms with Crippen LogP contribution in [0.1, 0.15) is 44.9 Å². The molecule has 2 heteroatoms. The highest BCUT2D eigenvalue weighted by Gasteiger charge is 2.50. The molecule has 0 spiro atoms. The molecule has 0 saturated heterocycles. The van der Waals surface area contributed by atoms with Gasteiger partial charge in [-0.15, -0.1) is 0 Å². The molecule has 78 valence electrons. The van der Waals surface area contributed by atoms with Crippen LogP contribution in [0.4, 0.5) is 0 Å². The maximum atomic E-state index is 9.42. The van der Waals surface area contributed by atoms with Gasteiger partial charge < -0.3 is 5.11 Å². The molecule has 0 heterocycles. The molecule has 3 unspecified atom stereocenters. The van der Waals surface area contributed by atoms with Gasteiger partial charge in [0.1, 0.15) is 0 Å². The SMILES string of the molecule is N#CC12CCCCC1CCC2CCO. The van der Waals surface area contributed by atoms with Gasteiger partial charge in [-0.1, -0.05) is 12.8 Å². The first-order valence-electron chi connectivity index (χ1n) is 5.85. The minimum absolute atomic E-state index is 0.0546. The predicted octanol–water partition coefficient (Wildman–Crippen LogP) is 2.48. The molecular formula is C12H19NO. The van der Waals surface area contributed by atoms with E-state index in [1.807, 2.05) is 0 Å². The van der Waals surface area contributed by atoms with Crippen molar-refractivity contribution in [2.45, 2.75) is 44.9 Å². The summed E-state index contributed by atoms with van der Waals surface area (Å²) >= 11 is 0. The number of rotatable bonds is 2. The van der Waals surface area contributed by atoms with Gasteiger partial charge in [0.05, 0.1) is 11.5 Å². The van der Waals surface area contributed by atoms with Gasteiger partial charge in [-0.3, -0.25) is 0 Å². The normalized spacial score (nSPS) is 41.7. The van der Waals surface area contributed by atoms with Crippen LogP contribution >= 0.6 is 0 Å². The Balaban J connectivity index is 2.18. The van der Waals surface area contributed by atoms with E-state index in [0.29, 0.717) is 11.8 Å². The molecule has 0 aromatic carbocycles. The second-order valence-corrected chi connectivity index (χ2v) is 4.88. The summed E-state index contributed by atoms with van der Waals surface area (Å²) < 4.78 is 0. The summed E-state index contributed by atoms with van der Waals surface area (Å²) in [4.78, 5) is 0. The molecule has 2 rings (SSSR count). The third kappa shape index (κ3) is 1.35. The van der Waals surface area contributed by atoms with E-state index in [4.69, 9.17) is 5.11 Å². The molecule has 0 aromatic heterocycles. The Labute approximate surface area is 85.9 Å². The molecule has 3 atom stereocenters. The standard InChI is InChI=1S/C12H19NO/c13-9-12-7-2-1-3-10(12)4-5-11(12)6-8-14/h10-11,14H,1-8H2. The first-order chi connectivity index (χ1) is 6.83. The number of nitrogens with zero attached hydrogens (tertiary/aromatic N) is 1. The van der Waals surface area contributed by atoms with Crippen molar-refractivity contribution >= 4 is 0 Å². The maximum absolute atomic E-state index is 9.42. The van der Waals surface area contributed by atoms with Crippen LogP contribution in [-0.2, 0) is 0 Å². The van der Waals surface area contributed by atoms with Crippen LogP contribution in [0.2, 0.25) is 0 Å². The van der Waals surface area contributed by atoms with Crippen molar-refractivity contribution < 1.29 is 5.11 Å². The highest BCUT2D eigenvalue weighted by molar-refractivity contribution is 5.11. The molecule has 0 aromatic rings. The number of hydrogen-bond donors (Lipinski definition) is 1. The highest BCUT2D eigenvalue weighted by atomic mass is 16.3. The van der Waals surface area contributed by atoms with Crippen molar-refractivity contribution in [3.63, 3.8) is 0 Å². The lowest BCUT2D eigenvalue weighted by Gasteiger charge is -2.37. The second-order valence-electron chi connectivity index (χ2n) is 4.88. The molecule has 2 aliphatic carbocycles. The molecule has 2 aliphatic rings. The number of fused-ring (bicyclic) bond motifs is 1. The fourth-order valence-electron chi connectivity index (χ4n) is 3.67. The van der Waals surface area contributed by atoms with Gasteiger partial charge in [-0.05, 0) is 43.9 Å². The van der Waals surface area contributed by atoms with Gasteiger partial charge in [-0.25, -0.2) is 0 Å². The van der Waals surface area contributed by atoms with Crippen molar-refractivity contribution in [2.24, 2.45) is 17.3 Å². The summed E-state index contributed by atoms with van der Waals surface area (Å²) in [6, 6.07) is 2.60. The van der Waals surface area contributed by atoms with Gasteiger partial charge in [-0.2, -0.15) is 5.26 Å². The Morgan fingerprint density at radius 3 is 2.86 bits per heavy atom. The maximum Gasteiger partial charge on any atom is 0.0695 e. The van der Waals surface area contributed by atoms with E-state index in [9.17, 15) is 5.26 Å². The van der Waals surface area contributed by atoms with Crippen molar-refractivity contribution in [2.75, 3.05) is 6.61 Å². The number of aliphatic hydroxyl groups is 1. The van der Waals surface area contributed by atoms with Crippen LogP contribution < -0.4 is 0 Å². The summed E-state index contributed by atoms with van der Waals surface area (Å²) in [5, 5.41) is 18.4. The third-order valence-corrected chi connectivity index (χ3v) is 4.40. The molecule has 2 saturated carbocycles. The van der Waals surface area contributed by atoms with Gasteiger partial charge in [0.2, 0.25) is 0 Å². The van der Waals surface area contributed by atoms with E-state index >= 15 is 0 Å². The van der Waals surface area contributed by atoms with Gasteiger partial charge in [0, 0.05) is 6.61 Å². The lowest BCUT2D eigenvalue weighted by Crippen LogP contribution is -2.33. The van der Waals surface area contributed by atoms with Crippen LogP contribution in [0, 0.1) is 28.6 Å². The van der Waals surface area contributed by atoms with E-state index < -0.39 is 0 Å². The molecule has 2 nitrogen and oxygen atoms in total. The zero-order chi connectivity index (χ0) is 10.0. The lowest BCUT2D eigenvalue weighted by molar-refractivity contribution is 0.122. The van der Waals surface area contributed by atoms with Crippen LogP contribution in [0.25, 0.3) is 0 Å². The van der Waals surface area contributed by atoms with Gasteiger partial charge in [0.25, 0.3) is 0 Å².